The predicted molar refractivity (Wildman–Crippen MR) is 50.2 cm³/mol. The molecule has 0 aromatic heterocycles. The van der Waals surface area contributed by atoms with Crippen LogP contribution < -0.4 is 0 Å². The van der Waals surface area contributed by atoms with Gasteiger partial charge in [0, 0.05) is 26.7 Å². The third-order valence-electron chi connectivity index (χ3n) is 1.72. The molecule has 0 amide bonds. The highest BCUT2D eigenvalue weighted by molar-refractivity contribution is 4.74. The predicted octanol–water partition coefficient (Wildman–Crippen LogP) is 0.502. The smallest absolute Gasteiger partial charge is 0.0670 e. The molecule has 3 heteroatoms. The molecule has 0 aromatic carbocycles. The van der Waals surface area contributed by atoms with E-state index in [1.54, 1.807) is 7.11 Å². The van der Waals surface area contributed by atoms with Crippen molar-refractivity contribution in [2.75, 3.05) is 33.4 Å². The zero-order valence-electron chi connectivity index (χ0n) is 7.99. The number of methoxy groups -OCH3 is 1. The normalized spacial score (nSPS) is 13.3. The molecule has 12 heavy (non-hydrogen) atoms. The summed E-state index contributed by atoms with van der Waals surface area (Å²) in [5, 5.41) is 8.73. The van der Waals surface area contributed by atoms with Gasteiger partial charge in [0.05, 0.1) is 12.7 Å². The van der Waals surface area contributed by atoms with Gasteiger partial charge in [0.25, 0.3) is 0 Å². The van der Waals surface area contributed by atoms with Crippen LogP contribution in [0.4, 0.5) is 0 Å². The molecule has 72 valence electrons. The highest BCUT2D eigenvalue weighted by Crippen LogP contribution is 1.94. The third kappa shape index (κ3) is 5.29. The summed E-state index contributed by atoms with van der Waals surface area (Å²) < 4.78 is 5.12. The van der Waals surface area contributed by atoms with Crippen LogP contribution in [0.1, 0.15) is 6.92 Å². The lowest BCUT2D eigenvalue weighted by atomic mass is 10.3. The van der Waals surface area contributed by atoms with E-state index in [1.165, 1.54) is 0 Å². The second kappa shape index (κ2) is 7.28. The molecule has 0 aliphatic rings. The van der Waals surface area contributed by atoms with Gasteiger partial charge in [-0.05, 0) is 6.92 Å². The van der Waals surface area contributed by atoms with E-state index in [-0.39, 0.29) is 12.7 Å². The van der Waals surface area contributed by atoms with E-state index in [9.17, 15) is 0 Å². The van der Waals surface area contributed by atoms with Gasteiger partial charge in [-0.2, -0.15) is 0 Å². The minimum absolute atomic E-state index is 0.185. The van der Waals surface area contributed by atoms with Crippen LogP contribution in [0.25, 0.3) is 0 Å². The van der Waals surface area contributed by atoms with Crippen molar-refractivity contribution in [3.8, 4) is 0 Å². The average molecular weight is 173 g/mol. The molecule has 0 aromatic rings. The number of rotatable bonds is 7. The van der Waals surface area contributed by atoms with Crippen molar-refractivity contribution >= 4 is 0 Å². The van der Waals surface area contributed by atoms with E-state index in [2.05, 4.69) is 11.5 Å². The monoisotopic (exact) mass is 173 g/mol. The minimum Gasteiger partial charge on any atom is -0.395 e. The molecule has 1 unspecified atom stereocenters. The molecule has 0 aliphatic carbocycles. The Morgan fingerprint density at radius 1 is 1.67 bits per heavy atom. The van der Waals surface area contributed by atoms with Gasteiger partial charge in [0.1, 0.15) is 0 Å². The SMILES string of the molecule is C=CCN(CCO)CC(C)OC. The Balaban J connectivity index is 3.68. The third-order valence-corrected chi connectivity index (χ3v) is 1.72. The van der Waals surface area contributed by atoms with Crippen molar-refractivity contribution in [2.45, 2.75) is 13.0 Å². The summed E-state index contributed by atoms with van der Waals surface area (Å²) in [5.41, 5.74) is 0. The molecular formula is C9H19NO2. The van der Waals surface area contributed by atoms with Gasteiger partial charge in [-0.25, -0.2) is 0 Å². The first kappa shape index (κ1) is 11.6. The van der Waals surface area contributed by atoms with Crippen LogP contribution in [0.2, 0.25) is 0 Å². The van der Waals surface area contributed by atoms with Gasteiger partial charge in [-0.1, -0.05) is 6.08 Å². The molecule has 1 N–H and O–H groups in total. The molecule has 0 bridgehead atoms. The Kier molecular flexibility index (Phi) is 7.05. The molecule has 3 nitrogen and oxygen atoms in total. The molecule has 0 fully saturated rings. The number of hydrogen-bond acceptors (Lipinski definition) is 3. The molecule has 0 radical (unpaired) electrons. The lowest BCUT2D eigenvalue weighted by Gasteiger charge is -2.22. The fourth-order valence-corrected chi connectivity index (χ4v) is 1.02. The second-order valence-corrected chi connectivity index (χ2v) is 2.82. The van der Waals surface area contributed by atoms with E-state index in [1.807, 2.05) is 13.0 Å². The summed E-state index contributed by atoms with van der Waals surface area (Å²) in [5.74, 6) is 0. The first-order valence-electron chi connectivity index (χ1n) is 4.21. The van der Waals surface area contributed by atoms with E-state index in [4.69, 9.17) is 9.84 Å². The quantitative estimate of drug-likeness (QED) is 0.569. The van der Waals surface area contributed by atoms with Crippen LogP contribution >= 0.6 is 0 Å². The Labute approximate surface area is 74.6 Å². The van der Waals surface area contributed by atoms with E-state index in [0.29, 0.717) is 6.54 Å². The highest BCUT2D eigenvalue weighted by Gasteiger charge is 2.06. The van der Waals surface area contributed by atoms with Gasteiger partial charge in [-0.3, -0.25) is 4.90 Å². The Bertz CT molecular complexity index is 117. The zero-order valence-corrected chi connectivity index (χ0v) is 7.99. The summed E-state index contributed by atoms with van der Waals surface area (Å²) in [6.07, 6.45) is 2.04. The van der Waals surface area contributed by atoms with E-state index in [0.717, 1.165) is 13.1 Å². The summed E-state index contributed by atoms with van der Waals surface area (Å²) in [6, 6.07) is 0. The molecule has 0 aliphatic heterocycles. The average Bonchev–Trinajstić information content (AvgIpc) is 2.05. The number of aliphatic hydroxyl groups is 1. The van der Waals surface area contributed by atoms with E-state index >= 15 is 0 Å². The summed E-state index contributed by atoms with van der Waals surface area (Å²) >= 11 is 0. The minimum atomic E-state index is 0.185. The Morgan fingerprint density at radius 3 is 2.75 bits per heavy atom. The molecule has 0 spiro atoms. The first-order chi connectivity index (χ1) is 5.74. The van der Waals surface area contributed by atoms with Crippen LogP contribution in [0.5, 0.6) is 0 Å². The van der Waals surface area contributed by atoms with Crippen LogP contribution in [-0.4, -0.2) is 49.5 Å². The Hall–Kier alpha value is -0.380. The van der Waals surface area contributed by atoms with E-state index < -0.39 is 0 Å². The van der Waals surface area contributed by atoms with Crippen LogP contribution in [0.3, 0.4) is 0 Å². The standard InChI is InChI=1S/C9H19NO2/c1-4-5-10(6-7-11)8-9(2)12-3/h4,9,11H,1,5-8H2,2-3H3. The number of hydrogen-bond donors (Lipinski definition) is 1. The van der Waals surface area contributed by atoms with Crippen LogP contribution in [0.15, 0.2) is 12.7 Å². The van der Waals surface area contributed by atoms with Crippen molar-refractivity contribution in [3.63, 3.8) is 0 Å². The zero-order chi connectivity index (χ0) is 9.40. The maximum atomic E-state index is 8.73. The topological polar surface area (TPSA) is 32.7 Å². The number of aliphatic hydroxyl groups excluding tert-OH is 1. The lowest BCUT2D eigenvalue weighted by molar-refractivity contribution is 0.0745. The van der Waals surface area contributed by atoms with Crippen molar-refractivity contribution < 1.29 is 9.84 Å². The van der Waals surface area contributed by atoms with Gasteiger partial charge >= 0.3 is 0 Å². The van der Waals surface area contributed by atoms with Crippen molar-refractivity contribution in [3.05, 3.63) is 12.7 Å². The fourth-order valence-electron chi connectivity index (χ4n) is 1.02. The van der Waals surface area contributed by atoms with Crippen LogP contribution in [0, 0.1) is 0 Å². The largest absolute Gasteiger partial charge is 0.395 e. The number of nitrogens with zero attached hydrogens (tertiary/aromatic N) is 1. The molecule has 1 atom stereocenters. The second-order valence-electron chi connectivity index (χ2n) is 2.82. The van der Waals surface area contributed by atoms with Gasteiger partial charge in [0.2, 0.25) is 0 Å². The summed E-state index contributed by atoms with van der Waals surface area (Å²) in [7, 11) is 1.69. The molecule has 0 saturated carbocycles. The first-order valence-corrected chi connectivity index (χ1v) is 4.21. The van der Waals surface area contributed by atoms with Gasteiger partial charge < -0.3 is 9.84 Å². The summed E-state index contributed by atoms with van der Waals surface area (Å²) in [6.45, 7) is 8.16. The molecular weight excluding hydrogens is 154 g/mol. The fraction of sp³-hybridized carbons (Fsp3) is 0.778. The molecule has 0 heterocycles. The maximum Gasteiger partial charge on any atom is 0.0670 e. The number of ether oxygens (including phenoxy) is 1. The molecule has 0 saturated heterocycles. The Morgan fingerprint density at radius 2 is 2.33 bits per heavy atom. The van der Waals surface area contributed by atoms with Crippen molar-refractivity contribution in [1.29, 1.82) is 0 Å². The maximum absolute atomic E-state index is 8.73. The van der Waals surface area contributed by atoms with Crippen molar-refractivity contribution in [1.82, 2.24) is 4.90 Å². The summed E-state index contributed by atoms with van der Waals surface area (Å²) in [4.78, 5) is 2.10. The van der Waals surface area contributed by atoms with Crippen molar-refractivity contribution in [2.24, 2.45) is 0 Å². The molecule has 0 rings (SSSR count). The van der Waals surface area contributed by atoms with Gasteiger partial charge in [0.15, 0.2) is 0 Å². The lowest BCUT2D eigenvalue weighted by Crippen LogP contribution is -2.34. The van der Waals surface area contributed by atoms with Crippen LogP contribution in [-0.2, 0) is 4.74 Å². The van der Waals surface area contributed by atoms with Gasteiger partial charge in [-0.15, -0.1) is 6.58 Å². The highest BCUT2D eigenvalue weighted by atomic mass is 16.5.